The zero-order chi connectivity index (χ0) is 13.6. The summed E-state index contributed by atoms with van der Waals surface area (Å²) in [6.45, 7) is 12.8. The van der Waals surface area contributed by atoms with Crippen LogP contribution in [0.3, 0.4) is 0 Å². The summed E-state index contributed by atoms with van der Waals surface area (Å²) in [6, 6.07) is 0. The molecule has 1 aliphatic rings. The van der Waals surface area contributed by atoms with Crippen molar-refractivity contribution in [3.63, 3.8) is 0 Å². The van der Waals surface area contributed by atoms with E-state index in [0.29, 0.717) is 6.42 Å². The Hall–Kier alpha value is -0.610. The molecule has 0 aromatic rings. The molecule has 4 nitrogen and oxygen atoms in total. The minimum Gasteiger partial charge on any atom is -0.356 e. The number of likely N-dealkylation sites (N-methyl/N-ethyl adjacent to an activating group) is 1. The van der Waals surface area contributed by atoms with E-state index in [2.05, 4.69) is 42.9 Å². The summed E-state index contributed by atoms with van der Waals surface area (Å²) in [5.41, 5.74) is 0.0849. The lowest BCUT2D eigenvalue weighted by Gasteiger charge is -2.32. The Labute approximate surface area is 112 Å². The number of carbonyl (C=O) groups excluding carboxylic acids is 1. The van der Waals surface area contributed by atoms with E-state index in [0.717, 1.165) is 45.7 Å². The lowest BCUT2D eigenvalue weighted by molar-refractivity contribution is -0.122. The Balaban J connectivity index is 2.03. The second kappa shape index (κ2) is 7.10. The van der Waals surface area contributed by atoms with Gasteiger partial charge in [-0.3, -0.25) is 4.79 Å². The third kappa shape index (κ3) is 6.97. The van der Waals surface area contributed by atoms with E-state index in [4.69, 9.17) is 0 Å². The molecule has 0 bridgehead atoms. The van der Waals surface area contributed by atoms with E-state index in [1.54, 1.807) is 0 Å². The molecule has 1 saturated heterocycles. The van der Waals surface area contributed by atoms with Gasteiger partial charge in [-0.1, -0.05) is 20.8 Å². The van der Waals surface area contributed by atoms with E-state index in [1.165, 1.54) is 0 Å². The lowest BCUT2D eigenvalue weighted by Crippen LogP contribution is -2.45. The van der Waals surface area contributed by atoms with Crippen LogP contribution in [0.25, 0.3) is 0 Å². The quantitative estimate of drug-likeness (QED) is 0.749. The molecule has 0 aliphatic carbocycles. The molecular weight excluding hydrogens is 226 g/mol. The van der Waals surface area contributed by atoms with E-state index < -0.39 is 0 Å². The van der Waals surface area contributed by atoms with Crippen molar-refractivity contribution in [1.29, 1.82) is 0 Å². The maximum Gasteiger partial charge on any atom is 0.220 e. The Morgan fingerprint density at radius 3 is 2.33 bits per heavy atom. The van der Waals surface area contributed by atoms with Crippen molar-refractivity contribution in [3.05, 3.63) is 0 Å². The maximum atomic E-state index is 11.6. The third-order valence-electron chi connectivity index (χ3n) is 3.26. The molecule has 1 aliphatic heterocycles. The zero-order valence-electron chi connectivity index (χ0n) is 12.5. The molecule has 0 aromatic heterocycles. The van der Waals surface area contributed by atoms with E-state index >= 15 is 0 Å². The molecule has 1 fully saturated rings. The molecule has 0 unspecified atom stereocenters. The van der Waals surface area contributed by atoms with E-state index in [1.807, 2.05) is 0 Å². The Kier molecular flexibility index (Phi) is 6.09. The van der Waals surface area contributed by atoms with Crippen molar-refractivity contribution < 1.29 is 4.79 Å². The Morgan fingerprint density at radius 2 is 1.78 bits per heavy atom. The second-order valence-corrected chi connectivity index (χ2v) is 6.59. The summed E-state index contributed by atoms with van der Waals surface area (Å²) < 4.78 is 0. The first-order valence-corrected chi connectivity index (χ1v) is 7.04. The van der Waals surface area contributed by atoms with Crippen molar-refractivity contribution in [1.82, 2.24) is 15.1 Å². The molecular formula is C14H29N3O. The van der Waals surface area contributed by atoms with Crippen LogP contribution in [0.5, 0.6) is 0 Å². The average Bonchev–Trinajstić information content (AvgIpc) is 2.24. The van der Waals surface area contributed by atoms with Gasteiger partial charge in [-0.25, -0.2) is 0 Å². The number of piperazine rings is 1. The predicted molar refractivity (Wildman–Crippen MR) is 75.6 cm³/mol. The summed E-state index contributed by atoms with van der Waals surface area (Å²) in [4.78, 5) is 16.5. The van der Waals surface area contributed by atoms with Crippen LogP contribution >= 0.6 is 0 Å². The number of hydrogen-bond donors (Lipinski definition) is 1. The summed E-state index contributed by atoms with van der Waals surface area (Å²) in [5.74, 6) is 0.181. The molecule has 0 saturated carbocycles. The molecule has 18 heavy (non-hydrogen) atoms. The standard InChI is InChI=1S/C14H29N3O/c1-14(2,3)12-13(18)15-6-5-7-17-10-8-16(4)9-11-17/h5-12H2,1-4H3,(H,15,18). The van der Waals surface area contributed by atoms with Crippen LogP contribution in [0, 0.1) is 5.41 Å². The minimum atomic E-state index is 0.0849. The van der Waals surface area contributed by atoms with Crippen molar-refractivity contribution in [3.8, 4) is 0 Å². The van der Waals surface area contributed by atoms with Gasteiger partial charge in [-0.2, -0.15) is 0 Å². The minimum absolute atomic E-state index is 0.0849. The SMILES string of the molecule is CN1CCN(CCCNC(=O)CC(C)(C)C)CC1. The van der Waals surface area contributed by atoms with Gasteiger partial charge in [0.05, 0.1) is 0 Å². The van der Waals surface area contributed by atoms with Gasteiger partial charge in [0.15, 0.2) is 0 Å². The van der Waals surface area contributed by atoms with Crippen molar-refractivity contribution >= 4 is 5.91 Å². The number of nitrogens with zero attached hydrogens (tertiary/aromatic N) is 2. The van der Waals surface area contributed by atoms with Crippen LogP contribution < -0.4 is 5.32 Å². The highest BCUT2D eigenvalue weighted by molar-refractivity contribution is 5.76. The number of nitrogens with one attached hydrogen (secondary N) is 1. The molecule has 0 radical (unpaired) electrons. The van der Waals surface area contributed by atoms with Gasteiger partial charge in [-0.15, -0.1) is 0 Å². The highest BCUT2D eigenvalue weighted by atomic mass is 16.1. The molecule has 1 rings (SSSR count). The molecule has 0 aromatic carbocycles. The van der Waals surface area contributed by atoms with Gasteiger partial charge in [-0.05, 0) is 25.4 Å². The molecule has 1 heterocycles. The summed E-state index contributed by atoms with van der Waals surface area (Å²) in [7, 11) is 2.17. The zero-order valence-corrected chi connectivity index (χ0v) is 12.5. The topological polar surface area (TPSA) is 35.6 Å². The van der Waals surface area contributed by atoms with Gasteiger partial charge >= 0.3 is 0 Å². The number of carbonyl (C=O) groups is 1. The predicted octanol–water partition coefficient (Wildman–Crippen LogP) is 1.18. The first-order valence-electron chi connectivity index (χ1n) is 7.04. The highest BCUT2D eigenvalue weighted by Crippen LogP contribution is 2.17. The van der Waals surface area contributed by atoms with Crippen LogP contribution in [0.4, 0.5) is 0 Å². The van der Waals surface area contributed by atoms with Crippen LogP contribution in [0.2, 0.25) is 0 Å². The van der Waals surface area contributed by atoms with Crippen LogP contribution in [0.1, 0.15) is 33.6 Å². The monoisotopic (exact) mass is 255 g/mol. The normalized spacial score (nSPS) is 18.9. The molecule has 4 heteroatoms. The van der Waals surface area contributed by atoms with E-state index in [-0.39, 0.29) is 11.3 Å². The van der Waals surface area contributed by atoms with Crippen molar-refractivity contribution in [2.75, 3.05) is 46.3 Å². The fourth-order valence-corrected chi connectivity index (χ4v) is 2.15. The summed E-state index contributed by atoms with van der Waals surface area (Å²) in [6.07, 6.45) is 1.67. The largest absolute Gasteiger partial charge is 0.356 e. The third-order valence-corrected chi connectivity index (χ3v) is 3.26. The average molecular weight is 255 g/mol. The molecule has 0 atom stereocenters. The van der Waals surface area contributed by atoms with Crippen LogP contribution in [-0.2, 0) is 4.79 Å². The highest BCUT2D eigenvalue weighted by Gasteiger charge is 2.16. The van der Waals surface area contributed by atoms with Gasteiger partial charge in [0.2, 0.25) is 5.91 Å². The molecule has 0 spiro atoms. The summed E-state index contributed by atoms with van der Waals surface area (Å²) in [5, 5.41) is 3.01. The fourth-order valence-electron chi connectivity index (χ4n) is 2.15. The molecule has 1 amide bonds. The molecule has 1 N–H and O–H groups in total. The van der Waals surface area contributed by atoms with Crippen molar-refractivity contribution in [2.24, 2.45) is 5.41 Å². The Bertz CT molecular complexity index is 252. The van der Waals surface area contributed by atoms with Gasteiger partial charge < -0.3 is 15.1 Å². The fraction of sp³-hybridized carbons (Fsp3) is 0.929. The Morgan fingerprint density at radius 1 is 1.17 bits per heavy atom. The smallest absolute Gasteiger partial charge is 0.220 e. The van der Waals surface area contributed by atoms with E-state index in [9.17, 15) is 4.79 Å². The first kappa shape index (κ1) is 15.4. The second-order valence-electron chi connectivity index (χ2n) is 6.59. The first-order chi connectivity index (χ1) is 8.37. The number of rotatable bonds is 5. The number of hydrogen-bond acceptors (Lipinski definition) is 3. The number of amides is 1. The van der Waals surface area contributed by atoms with Crippen LogP contribution in [-0.4, -0.2) is 62.0 Å². The van der Waals surface area contributed by atoms with Crippen LogP contribution in [0.15, 0.2) is 0 Å². The van der Waals surface area contributed by atoms with Crippen molar-refractivity contribution in [2.45, 2.75) is 33.6 Å². The van der Waals surface area contributed by atoms with Gasteiger partial charge in [0.1, 0.15) is 0 Å². The van der Waals surface area contributed by atoms with Gasteiger partial charge in [0.25, 0.3) is 0 Å². The van der Waals surface area contributed by atoms with Gasteiger partial charge in [0, 0.05) is 39.1 Å². The molecule has 106 valence electrons. The maximum absolute atomic E-state index is 11.6. The lowest BCUT2D eigenvalue weighted by atomic mass is 9.92. The summed E-state index contributed by atoms with van der Waals surface area (Å²) >= 11 is 0.